The lowest BCUT2D eigenvalue weighted by molar-refractivity contribution is -0.139. The Morgan fingerprint density at radius 3 is 2.65 bits per heavy atom. The standard InChI is InChI=1S/C27H29N3O4/c1-3-16-29-24-14-12-21(18-22(24)27(34,26(29)33)19(2)9-7-8-17-31)30-25(32)15-13-23(28-30)20-10-5-4-6-11-20/h3-7,9-12,14,18-19,31,34H,1,8,13,15-17H2,2H3/b9-7+/t19-,27+/m1/s1. The molecule has 0 fully saturated rings. The fourth-order valence-corrected chi connectivity index (χ4v) is 4.48. The van der Waals surface area contributed by atoms with E-state index in [1.165, 1.54) is 9.91 Å². The predicted molar refractivity (Wildman–Crippen MR) is 133 cm³/mol. The Morgan fingerprint density at radius 2 is 1.94 bits per heavy atom. The van der Waals surface area contributed by atoms with Gasteiger partial charge < -0.3 is 15.1 Å². The van der Waals surface area contributed by atoms with Crippen LogP contribution in [0.25, 0.3) is 0 Å². The minimum Gasteiger partial charge on any atom is -0.396 e. The van der Waals surface area contributed by atoms with Gasteiger partial charge in [0.1, 0.15) is 0 Å². The second-order valence-corrected chi connectivity index (χ2v) is 8.52. The lowest BCUT2D eigenvalue weighted by Gasteiger charge is -2.28. The first-order valence-electron chi connectivity index (χ1n) is 11.4. The van der Waals surface area contributed by atoms with Crippen LogP contribution in [0.1, 0.15) is 37.3 Å². The smallest absolute Gasteiger partial charge is 0.264 e. The van der Waals surface area contributed by atoms with Gasteiger partial charge in [0, 0.05) is 37.5 Å². The molecule has 0 spiro atoms. The molecule has 0 radical (unpaired) electrons. The van der Waals surface area contributed by atoms with Gasteiger partial charge >= 0.3 is 0 Å². The van der Waals surface area contributed by atoms with Crippen LogP contribution in [0.3, 0.4) is 0 Å². The van der Waals surface area contributed by atoms with E-state index >= 15 is 0 Å². The van der Waals surface area contributed by atoms with Gasteiger partial charge in [0.15, 0.2) is 5.60 Å². The Labute approximate surface area is 199 Å². The van der Waals surface area contributed by atoms with Crippen LogP contribution in [0.5, 0.6) is 0 Å². The van der Waals surface area contributed by atoms with E-state index in [-0.39, 0.29) is 19.1 Å². The van der Waals surface area contributed by atoms with Crippen molar-refractivity contribution in [2.24, 2.45) is 11.0 Å². The summed E-state index contributed by atoms with van der Waals surface area (Å²) >= 11 is 0. The summed E-state index contributed by atoms with van der Waals surface area (Å²) < 4.78 is 0. The van der Waals surface area contributed by atoms with Crippen LogP contribution in [0.15, 0.2) is 78.4 Å². The maximum atomic E-state index is 13.4. The Hall–Kier alpha value is -3.55. The third-order valence-electron chi connectivity index (χ3n) is 6.33. The van der Waals surface area contributed by atoms with Crippen molar-refractivity contribution in [1.82, 2.24) is 0 Å². The van der Waals surface area contributed by atoms with Crippen molar-refractivity contribution in [3.8, 4) is 0 Å². The molecule has 2 aromatic rings. The fraction of sp³-hybridized carbons (Fsp3) is 0.296. The number of aliphatic hydroxyl groups is 2. The highest BCUT2D eigenvalue weighted by molar-refractivity contribution is 6.10. The number of rotatable bonds is 8. The average molecular weight is 460 g/mol. The molecule has 4 rings (SSSR count). The number of hydrogen-bond acceptors (Lipinski definition) is 5. The first-order chi connectivity index (χ1) is 16.4. The van der Waals surface area contributed by atoms with Crippen LogP contribution >= 0.6 is 0 Å². The zero-order valence-corrected chi connectivity index (χ0v) is 19.2. The highest BCUT2D eigenvalue weighted by atomic mass is 16.3. The number of carbonyl (C=O) groups is 2. The number of hydrogen-bond donors (Lipinski definition) is 2. The van der Waals surface area contributed by atoms with Gasteiger partial charge in [-0.25, -0.2) is 5.01 Å². The summed E-state index contributed by atoms with van der Waals surface area (Å²) in [4.78, 5) is 27.7. The molecule has 7 nitrogen and oxygen atoms in total. The van der Waals surface area contributed by atoms with Gasteiger partial charge in [0.05, 0.1) is 17.1 Å². The monoisotopic (exact) mass is 459 g/mol. The van der Waals surface area contributed by atoms with E-state index in [4.69, 9.17) is 5.11 Å². The molecule has 176 valence electrons. The van der Waals surface area contributed by atoms with Gasteiger partial charge in [-0.05, 0) is 30.2 Å². The van der Waals surface area contributed by atoms with E-state index in [0.717, 1.165) is 11.3 Å². The Morgan fingerprint density at radius 1 is 1.18 bits per heavy atom. The van der Waals surface area contributed by atoms with Gasteiger partial charge in [-0.2, -0.15) is 5.10 Å². The summed E-state index contributed by atoms with van der Waals surface area (Å²) in [5.74, 6) is -1.15. The van der Waals surface area contributed by atoms with Crippen molar-refractivity contribution < 1.29 is 19.8 Å². The molecule has 0 aromatic heterocycles. The lowest BCUT2D eigenvalue weighted by atomic mass is 9.82. The first-order valence-corrected chi connectivity index (χ1v) is 11.4. The predicted octanol–water partition coefficient (Wildman–Crippen LogP) is 3.51. The molecule has 2 N–H and O–H groups in total. The van der Waals surface area contributed by atoms with E-state index in [9.17, 15) is 14.7 Å². The number of anilines is 2. The van der Waals surface area contributed by atoms with E-state index in [1.54, 1.807) is 43.4 Å². The highest BCUT2D eigenvalue weighted by Crippen LogP contribution is 2.46. The topological polar surface area (TPSA) is 93.4 Å². The highest BCUT2D eigenvalue weighted by Gasteiger charge is 2.52. The van der Waals surface area contributed by atoms with E-state index in [2.05, 4.69) is 11.7 Å². The van der Waals surface area contributed by atoms with Crippen molar-refractivity contribution in [1.29, 1.82) is 0 Å². The van der Waals surface area contributed by atoms with E-state index in [0.29, 0.717) is 36.2 Å². The minimum absolute atomic E-state index is 0.0161. The summed E-state index contributed by atoms with van der Waals surface area (Å²) in [5, 5.41) is 26.8. The third kappa shape index (κ3) is 4.08. The molecule has 0 bridgehead atoms. The maximum Gasteiger partial charge on any atom is 0.264 e. The molecule has 2 aliphatic heterocycles. The molecule has 2 aliphatic rings. The van der Waals surface area contributed by atoms with Crippen molar-refractivity contribution in [2.45, 2.75) is 31.8 Å². The number of aliphatic hydroxyl groups excluding tert-OH is 1. The third-order valence-corrected chi connectivity index (χ3v) is 6.33. The van der Waals surface area contributed by atoms with E-state index in [1.807, 2.05) is 30.3 Å². The molecular weight excluding hydrogens is 430 g/mol. The second-order valence-electron chi connectivity index (χ2n) is 8.52. The molecule has 7 heteroatoms. The molecule has 2 amide bonds. The van der Waals surface area contributed by atoms with Crippen molar-refractivity contribution in [3.05, 3.63) is 84.5 Å². The number of benzene rings is 2. The molecule has 0 saturated carbocycles. The number of fused-ring (bicyclic) bond motifs is 1. The number of hydrazone groups is 1. The van der Waals surface area contributed by atoms with Crippen LogP contribution in [0.4, 0.5) is 11.4 Å². The fourth-order valence-electron chi connectivity index (χ4n) is 4.48. The average Bonchev–Trinajstić information content (AvgIpc) is 3.07. The van der Waals surface area contributed by atoms with Crippen molar-refractivity contribution in [2.75, 3.05) is 23.1 Å². The minimum atomic E-state index is -1.81. The zero-order chi connectivity index (χ0) is 24.3. The molecule has 0 saturated heterocycles. The SMILES string of the molecule is C=CCN1C(=O)[C@](O)([C@H](C)/C=C/CCO)c2cc(N3N=C(c4ccccc4)CCC3=O)ccc21. The summed E-state index contributed by atoms with van der Waals surface area (Å²) in [7, 11) is 0. The lowest BCUT2D eigenvalue weighted by Crippen LogP contribution is -2.44. The van der Waals surface area contributed by atoms with E-state index < -0.39 is 17.4 Å². The van der Waals surface area contributed by atoms with Gasteiger partial charge in [0.25, 0.3) is 5.91 Å². The molecule has 0 aliphatic carbocycles. The Balaban J connectivity index is 1.78. The number of carbonyl (C=O) groups excluding carboxylic acids is 2. The summed E-state index contributed by atoms with van der Waals surface area (Å²) in [5.41, 5.74) is 1.44. The number of amides is 2. The van der Waals surface area contributed by atoms with Crippen LogP contribution in [0, 0.1) is 5.92 Å². The molecule has 2 atom stereocenters. The van der Waals surface area contributed by atoms with Crippen LogP contribution < -0.4 is 9.91 Å². The van der Waals surface area contributed by atoms with Gasteiger partial charge in [-0.1, -0.05) is 55.5 Å². The molecule has 0 unspecified atom stereocenters. The Kier molecular flexibility index (Phi) is 6.77. The summed E-state index contributed by atoms with van der Waals surface area (Å²) in [6, 6.07) is 14.9. The normalized spacial score (nSPS) is 21.1. The molecule has 34 heavy (non-hydrogen) atoms. The van der Waals surface area contributed by atoms with Crippen LogP contribution in [-0.2, 0) is 15.2 Å². The zero-order valence-electron chi connectivity index (χ0n) is 19.2. The first kappa shape index (κ1) is 23.6. The summed E-state index contributed by atoms with van der Waals surface area (Å²) in [6.07, 6.45) is 6.39. The van der Waals surface area contributed by atoms with Gasteiger partial charge in [0.2, 0.25) is 5.91 Å². The molecule has 2 heterocycles. The molecular formula is C27H29N3O4. The van der Waals surface area contributed by atoms with Crippen molar-refractivity contribution in [3.63, 3.8) is 0 Å². The van der Waals surface area contributed by atoms with Gasteiger partial charge in [-0.3, -0.25) is 9.59 Å². The van der Waals surface area contributed by atoms with Crippen LogP contribution in [0.2, 0.25) is 0 Å². The van der Waals surface area contributed by atoms with Crippen LogP contribution in [-0.4, -0.2) is 40.9 Å². The second kappa shape index (κ2) is 9.75. The van der Waals surface area contributed by atoms with Crippen molar-refractivity contribution >= 4 is 28.9 Å². The largest absolute Gasteiger partial charge is 0.396 e. The van der Waals surface area contributed by atoms with Gasteiger partial charge in [-0.15, -0.1) is 6.58 Å². The quantitative estimate of drug-likeness (QED) is 0.591. The summed E-state index contributed by atoms with van der Waals surface area (Å²) in [6.45, 7) is 5.73. The molecule has 2 aromatic carbocycles. The number of nitrogens with zero attached hydrogens (tertiary/aromatic N) is 3. The Bertz CT molecular complexity index is 1160. The maximum absolute atomic E-state index is 13.4.